The Morgan fingerprint density at radius 2 is 2.12 bits per heavy atom. The molecule has 0 aromatic carbocycles. The van der Waals surface area contributed by atoms with E-state index >= 15 is 0 Å². The Kier molecular flexibility index (Phi) is 4.13. The molecule has 0 bridgehead atoms. The van der Waals surface area contributed by atoms with Crippen molar-refractivity contribution < 1.29 is 0 Å². The molecule has 0 saturated heterocycles. The zero-order chi connectivity index (χ0) is 17.2. The monoisotopic (exact) mass is 335 g/mol. The molecule has 7 nitrogen and oxygen atoms in total. The Labute approximate surface area is 146 Å². The number of nitrogens with zero attached hydrogens (tertiary/aromatic N) is 6. The molecular weight excluding hydrogens is 314 g/mol. The number of anilines is 1. The Morgan fingerprint density at radius 3 is 2.96 bits per heavy atom. The topological polar surface area (TPSA) is 81.4 Å². The lowest BCUT2D eigenvalue weighted by molar-refractivity contribution is 0.687. The number of pyridine rings is 1. The fraction of sp³-hybridized carbons (Fsp3) is 0.389. The van der Waals surface area contributed by atoms with Crippen molar-refractivity contribution >= 4 is 5.82 Å². The summed E-state index contributed by atoms with van der Waals surface area (Å²) in [5, 5.41) is 12.0. The molecule has 1 aliphatic heterocycles. The molecule has 3 aromatic rings. The average Bonchev–Trinajstić information content (AvgIpc) is 3.24. The van der Waals surface area contributed by atoms with E-state index in [1.807, 2.05) is 26.0 Å². The van der Waals surface area contributed by atoms with Gasteiger partial charge in [0.05, 0.1) is 0 Å². The van der Waals surface area contributed by atoms with Crippen LogP contribution in [0.15, 0.2) is 24.5 Å². The van der Waals surface area contributed by atoms with Gasteiger partial charge in [0.2, 0.25) is 0 Å². The first-order valence-electron chi connectivity index (χ1n) is 8.63. The number of nitrogens with one attached hydrogen (secondary N) is 1. The third-order valence-electron chi connectivity index (χ3n) is 4.64. The summed E-state index contributed by atoms with van der Waals surface area (Å²) in [7, 11) is 0. The van der Waals surface area contributed by atoms with Crippen molar-refractivity contribution in [1.29, 1.82) is 0 Å². The van der Waals surface area contributed by atoms with Gasteiger partial charge in [-0.3, -0.25) is 4.98 Å². The summed E-state index contributed by atoms with van der Waals surface area (Å²) in [6, 6.07) is 3.87. The number of aryl methyl sites for hydroxylation is 2. The minimum Gasteiger partial charge on any atom is -0.369 e. The number of aromatic nitrogens is 6. The summed E-state index contributed by atoms with van der Waals surface area (Å²) in [5.74, 6) is 3.73. The maximum absolute atomic E-state index is 4.69. The van der Waals surface area contributed by atoms with E-state index in [0.29, 0.717) is 5.82 Å². The molecule has 3 aromatic heterocycles. The molecule has 4 heterocycles. The van der Waals surface area contributed by atoms with E-state index in [1.165, 1.54) is 6.42 Å². The fourth-order valence-corrected chi connectivity index (χ4v) is 3.11. The lowest BCUT2D eigenvalue weighted by Gasteiger charge is -2.12. The molecular formula is C18H21N7. The van der Waals surface area contributed by atoms with Crippen LogP contribution in [-0.2, 0) is 19.4 Å². The number of rotatable bonds is 5. The van der Waals surface area contributed by atoms with Crippen molar-refractivity contribution in [2.75, 3.05) is 11.9 Å². The summed E-state index contributed by atoms with van der Waals surface area (Å²) < 4.78 is 2.24. The van der Waals surface area contributed by atoms with Crippen LogP contribution in [-0.4, -0.2) is 36.3 Å². The van der Waals surface area contributed by atoms with Crippen LogP contribution in [0.1, 0.15) is 29.3 Å². The number of hydrogen-bond donors (Lipinski definition) is 1. The van der Waals surface area contributed by atoms with Gasteiger partial charge in [-0.05, 0) is 32.4 Å². The van der Waals surface area contributed by atoms with E-state index < -0.39 is 0 Å². The molecule has 25 heavy (non-hydrogen) atoms. The van der Waals surface area contributed by atoms with Crippen LogP contribution in [0.25, 0.3) is 11.4 Å². The number of hydrogen-bond acceptors (Lipinski definition) is 6. The van der Waals surface area contributed by atoms with E-state index in [0.717, 1.165) is 60.2 Å². The van der Waals surface area contributed by atoms with E-state index in [9.17, 15) is 0 Å². The van der Waals surface area contributed by atoms with Gasteiger partial charge in [-0.2, -0.15) is 0 Å². The molecule has 0 fully saturated rings. The fourth-order valence-electron chi connectivity index (χ4n) is 3.11. The van der Waals surface area contributed by atoms with E-state index in [2.05, 4.69) is 35.0 Å². The molecule has 0 atom stereocenters. The van der Waals surface area contributed by atoms with Crippen molar-refractivity contribution in [3.05, 3.63) is 47.4 Å². The zero-order valence-corrected chi connectivity index (χ0v) is 14.5. The quantitative estimate of drug-likeness (QED) is 0.771. The summed E-state index contributed by atoms with van der Waals surface area (Å²) in [6.45, 7) is 5.85. The van der Waals surface area contributed by atoms with Gasteiger partial charge in [-0.15, -0.1) is 10.2 Å². The summed E-state index contributed by atoms with van der Waals surface area (Å²) in [6.07, 6.45) is 6.58. The molecule has 128 valence electrons. The highest BCUT2D eigenvalue weighted by atomic mass is 15.3. The van der Waals surface area contributed by atoms with E-state index in [4.69, 9.17) is 0 Å². The largest absolute Gasteiger partial charge is 0.369 e. The van der Waals surface area contributed by atoms with Crippen molar-refractivity contribution in [3.63, 3.8) is 0 Å². The van der Waals surface area contributed by atoms with Crippen LogP contribution in [0.4, 0.5) is 5.82 Å². The highest BCUT2D eigenvalue weighted by Crippen LogP contribution is 2.21. The van der Waals surface area contributed by atoms with Gasteiger partial charge in [-0.25, -0.2) is 9.97 Å². The molecule has 0 unspecified atom stereocenters. The Morgan fingerprint density at radius 1 is 1.20 bits per heavy atom. The lowest BCUT2D eigenvalue weighted by Crippen LogP contribution is -2.13. The summed E-state index contributed by atoms with van der Waals surface area (Å²) >= 11 is 0. The second-order valence-electron chi connectivity index (χ2n) is 6.31. The molecule has 4 rings (SSSR count). The van der Waals surface area contributed by atoms with Gasteiger partial charge in [0.1, 0.15) is 17.5 Å². The van der Waals surface area contributed by atoms with Gasteiger partial charge < -0.3 is 9.88 Å². The van der Waals surface area contributed by atoms with Crippen molar-refractivity contribution in [2.45, 2.75) is 39.7 Å². The van der Waals surface area contributed by atoms with Crippen LogP contribution < -0.4 is 5.32 Å². The third-order valence-corrected chi connectivity index (χ3v) is 4.64. The molecule has 0 amide bonds. The Bertz CT molecular complexity index is 886. The predicted octanol–water partition coefficient (Wildman–Crippen LogP) is 2.35. The molecule has 0 radical (unpaired) electrons. The van der Waals surface area contributed by atoms with Gasteiger partial charge in [0.15, 0.2) is 5.82 Å². The Balaban J connectivity index is 1.51. The zero-order valence-electron chi connectivity index (χ0n) is 14.5. The van der Waals surface area contributed by atoms with Crippen LogP contribution in [0.3, 0.4) is 0 Å². The third kappa shape index (κ3) is 3.09. The van der Waals surface area contributed by atoms with Crippen LogP contribution in [0.2, 0.25) is 0 Å². The normalized spacial score (nSPS) is 13.0. The smallest absolute Gasteiger partial charge is 0.163 e. The van der Waals surface area contributed by atoms with Crippen LogP contribution in [0, 0.1) is 13.8 Å². The second kappa shape index (κ2) is 6.58. The molecule has 0 aliphatic carbocycles. The van der Waals surface area contributed by atoms with Crippen LogP contribution in [0.5, 0.6) is 0 Å². The first-order valence-corrected chi connectivity index (χ1v) is 8.63. The second-order valence-corrected chi connectivity index (χ2v) is 6.31. The van der Waals surface area contributed by atoms with Gasteiger partial charge in [0, 0.05) is 55.1 Å². The minimum atomic E-state index is 0.696. The highest BCUT2D eigenvalue weighted by molar-refractivity contribution is 5.58. The summed E-state index contributed by atoms with van der Waals surface area (Å²) in [5.41, 5.74) is 2.96. The lowest BCUT2D eigenvalue weighted by atomic mass is 10.2. The van der Waals surface area contributed by atoms with E-state index in [1.54, 1.807) is 12.4 Å². The molecule has 7 heteroatoms. The first-order chi connectivity index (χ1) is 12.2. The Hall–Kier alpha value is -2.83. The maximum atomic E-state index is 4.69. The minimum absolute atomic E-state index is 0.696. The summed E-state index contributed by atoms with van der Waals surface area (Å²) in [4.78, 5) is 13.4. The van der Waals surface area contributed by atoms with Gasteiger partial charge in [0.25, 0.3) is 0 Å². The van der Waals surface area contributed by atoms with Crippen molar-refractivity contribution in [1.82, 2.24) is 29.7 Å². The standard InChI is InChI=1S/C18H21N7/c1-12-13(2)21-18(14-5-3-8-19-11-14)22-17(12)20-9-7-16-24-23-15-6-4-10-25(15)16/h3,5,8,11H,4,6-7,9-10H2,1-2H3,(H,20,21,22). The van der Waals surface area contributed by atoms with Crippen molar-refractivity contribution in [3.8, 4) is 11.4 Å². The first kappa shape index (κ1) is 15.7. The molecule has 1 N–H and O–H groups in total. The SMILES string of the molecule is Cc1nc(-c2cccnc2)nc(NCCc2nnc3n2CCC3)c1C. The highest BCUT2D eigenvalue weighted by Gasteiger charge is 2.17. The van der Waals surface area contributed by atoms with Gasteiger partial charge >= 0.3 is 0 Å². The molecule has 0 saturated carbocycles. The predicted molar refractivity (Wildman–Crippen MR) is 95.3 cm³/mol. The number of fused-ring (bicyclic) bond motifs is 1. The van der Waals surface area contributed by atoms with Crippen molar-refractivity contribution in [2.24, 2.45) is 0 Å². The van der Waals surface area contributed by atoms with Crippen LogP contribution >= 0.6 is 0 Å². The molecule has 0 spiro atoms. The van der Waals surface area contributed by atoms with E-state index in [-0.39, 0.29) is 0 Å². The average molecular weight is 335 g/mol. The molecule has 1 aliphatic rings. The maximum Gasteiger partial charge on any atom is 0.163 e. The van der Waals surface area contributed by atoms with Gasteiger partial charge in [-0.1, -0.05) is 0 Å².